The summed E-state index contributed by atoms with van der Waals surface area (Å²) in [6.45, 7) is 0.643. The predicted octanol–water partition coefficient (Wildman–Crippen LogP) is 1.41. The van der Waals surface area contributed by atoms with E-state index in [0.717, 1.165) is 5.56 Å². The number of ketones is 1. The molecule has 0 bridgehead atoms. The van der Waals surface area contributed by atoms with Crippen molar-refractivity contribution in [3.05, 3.63) is 48.0 Å². The monoisotopic (exact) mass is 299 g/mol. The first-order chi connectivity index (χ1) is 10.6. The van der Waals surface area contributed by atoms with Gasteiger partial charge >= 0.3 is 6.09 Å². The van der Waals surface area contributed by atoms with E-state index in [1.54, 1.807) is 11.0 Å². The predicted molar refractivity (Wildman–Crippen MR) is 78.3 cm³/mol. The van der Waals surface area contributed by atoms with Crippen LogP contribution in [0.2, 0.25) is 0 Å². The Labute approximate surface area is 128 Å². The van der Waals surface area contributed by atoms with Crippen LogP contribution in [0.4, 0.5) is 4.79 Å². The summed E-state index contributed by atoms with van der Waals surface area (Å²) in [7, 11) is 0. The molecule has 2 aliphatic heterocycles. The molecule has 5 nitrogen and oxygen atoms in total. The number of carbonyl (C=O) groups is 2. The number of ether oxygens (including phenoxy) is 1. The number of hydrogen-bond donors (Lipinski definition) is 1. The number of carbonyl (C=O) groups excluding carboxylic acids is 2. The number of allylic oxidation sites excluding steroid dienone is 1. The lowest BCUT2D eigenvalue weighted by Gasteiger charge is -2.55. The molecule has 3 atom stereocenters. The number of rotatable bonds is 1. The van der Waals surface area contributed by atoms with Crippen LogP contribution in [0.1, 0.15) is 18.4 Å². The van der Waals surface area contributed by atoms with E-state index >= 15 is 0 Å². The summed E-state index contributed by atoms with van der Waals surface area (Å²) in [5.74, 6) is 0.00669. The summed E-state index contributed by atoms with van der Waals surface area (Å²) < 4.78 is 5.13. The number of amides is 1. The van der Waals surface area contributed by atoms with Gasteiger partial charge in [-0.1, -0.05) is 30.3 Å². The Hall–Kier alpha value is -2.14. The van der Waals surface area contributed by atoms with Crippen LogP contribution in [0.5, 0.6) is 0 Å². The van der Waals surface area contributed by atoms with Crippen LogP contribution in [0.15, 0.2) is 42.5 Å². The third-order valence-corrected chi connectivity index (χ3v) is 5.36. The number of benzene rings is 1. The quantitative estimate of drug-likeness (QED) is 0.851. The van der Waals surface area contributed by atoms with Crippen LogP contribution in [-0.4, -0.2) is 46.7 Å². The van der Waals surface area contributed by atoms with Crippen molar-refractivity contribution in [1.29, 1.82) is 0 Å². The average molecular weight is 299 g/mol. The van der Waals surface area contributed by atoms with Crippen molar-refractivity contribution in [2.24, 2.45) is 0 Å². The van der Waals surface area contributed by atoms with E-state index in [2.05, 4.69) is 0 Å². The highest BCUT2D eigenvalue weighted by molar-refractivity contribution is 5.93. The number of nitrogens with zero attached hydrogens (tertiary/aromatic N) is 1. The standard InChI is InChI=1S/C17H17NO4/c19-13-6-7-17(21)14-11-22-15(20)18(14)9-8-16(17,10-13)12-4-2-1-3-5-12/h1-7,14,21H,8-11H2/t14-,16-,17-/m1/s1. The molecule has 1 amide bonds. The number of cyclic esters (lactones) is 1. The van der Waals surface area contributed by atoms with Gasteiger partial charge in [-0.3, -0.25) is 9.69 Å². The minimum absolute atomic E-state index is 0.00669. The first kappa shape index (κ1) is 13.5. The average Bonchev–Trinajstić information content (AvgIpc) is 2.91. The maximum Gasteiger partial charge on any atom is 0.410 e. The summed E-state index contributed by atoms with van der Waals surface area (Å²) in [6, 6.07) is 9.19. The second kappa shape index (κ2) is 4.43. The fraction of sp³-hybridized carbons (Fsp3) is 0.412. The molecule has 1 N–H and O–H groups in total. The SMILES string of the molecule is O=C1C=C[C@@]2(O)[C@H]3COC(=O)N3CC[C@]2(c2ccccc2)C1. The van der Waals surface area contributed by atoms with E-state index in [9.17, 15) is 14.7 Å². The largest absolute Gasteiger partial charge is 0.447 e. The van der Waals surface area contributed by atoms with Gasteiger partial charge in [-0.25, -0.2) is 4.79 Å². The maximum absolute atomic E-state index is 12.1. The Balaban J connectivity index is 1.90. The maximum atomic E-state index is 12.1. The van der Waals surface area contributed by atoms with Crippen molar-refractivity contribution < 1.29 is 19.4 Å². The molecule has 3 aliphatic rings. The highest BCUT2D eigenvalue weighted by atomic mass is 16.6. The van der Waals surface area contributed by atoms with Gasteiger partial charge in [0.1, 0.15) is 18.2 Å². The summed E-state index contributed by atoms with van der Waals surface area (Å²) in [5.41, 5.74) is -1.05. The number of fused-ring (bicyclic) bond motifs is 3. The molecule has 4 rings (SSSR count). The van der Waals surface area contributed by atoms with Crippen molar-refractivity contribution in [3.63, 3.8) is 0 Å². The molecule has 2 heterocycles. The van der Waals surface area contributed by atoms with Crippen LogP contribution in [0, 0.1) is 0 Å². The Morgan fingerprint density at radius 3 is 2.77 bits per heavy atom. The minimum atomic E-state index is -1.29. The molecule has 0 spiro atoms. The zero-order chi connectivity index (χ0) is 15.4. The summed E-state index contributed by atoms with van der Waals surface area (Å²) >= 11 is 0. The highest BCUT2D eigenvalue weighted by Gasteiger charge is 2.63. The molecule has 114 valence electrons. The first-order valence-corrected chi connectivity index (χ1v) is 7.50. The Morgan fingerprint density at radius 1 is 1.23 bits per heavy atom. The third kappa shape index (κ3) is 1.57. The van der Waals surface area contributed by atoms with Crippen LogP contribution >= 0.6 is 0 Å². The van der Waals surface area contributed by atoms with Crippen LogP contribution in [-0.2, 0) is 14.9 Å². The molecule has 1 aromatic carbocycles. The Morgan fingerprint density at radius 2 is 2.00 bits per heavy atom. The lowest BCUT2D eigenvalue weighted by Crippen LogP contribution is -2.68. The smallest absolute Gasteiger partial charge is 0.410 e. The van der Waals surface area contributed by atoms with E-state index in [1.165, 1.54) is 6.08 Å². The van der Waals surface area contributed by atoms with Gasteiger partial charge in [0.25, 0.3) is 0 Å². The van der Waals surface area contributed by atoms with Gasteiger partial charge in [0.15, 0.2) is 5.78 Å². The minimum Gasteiger partial charge on any atom is -0.447 e. The summed E-state index contributed by atoms with van der Waals surface area (Å²) in [4.78, 5) is 25.5. The summed E-state index contributed by atoms with van der Waals surface area (Å²) in [5, 5.41) is 11.5. The molecule has 2 saturated heterocycles. The summed E-state index contributed by atoms with van der Waals surface area (Å²) in [6.07, 6.45) is 3.42. The van der Waals surface area contributed by atoms with Gasteiger partial charge in [-0.15, -0.1) is 0 Å². The number of piperidine rings is 1. The van der Waals surface area contributed by atoms with Crippen molar-refractivity contribution in [3.8, 4) is 0 Å². The fourth-order valence-corrected chi connectivity index (χ4v) is 4.20. The molecule has 0 radical (unpaired) electrons. The topological polar surface area (TPSA) is 66.8 Å². The molecule has 22 heavy (non-hydrogen) atoms. The van der Waals surface area contributed by atoms with Gasteiger partial charge in [-0.2, -0.15) is 0 Å². The van der Waals surface area contributed by atoms with Gasteiger partial charge in [0.05, 0.1) is 0 Å². The van der Waals surface area contributed by atoms with Gasteiger partial charge < -0.3 is 9.84 Å². The second-order valence-corrected chi connectivity index (χ2v) is 6.29. The lowest BCUT2D eigenvalue weighted by atomic mass is 9.56. The first-order valence-electron chi connectivity index (χ1n) is 7.50. The fourth-order valence-electron chi connectivity index (χ4n) is 4.20. The molecular formula is C17H17NO4. The number of hydrogen-bond acceptors (Lipinski definition) is 4. The van der Waals surface area contributed by atoms with Gasteiger partial charge in [-0.05, 0) is 24.1 Å². The zero-order valence-electron chi connectivity index (χ0n) is 12.1. The van der Waals surface area contributed by atoms with Crippen molar-refractivity contribution >= 4 is 11.9 Å². The van der Waals surface area contributed by atoms with Crippen LogP contribution in [0.3, 0.4) is 0 Å². The van der Waals surface area contributed by atoms with Gasteiger partial charge in [0.2, 0.25) is 0 Å². The molecular weight excluding hydrogens is 282 g/mol. The zero-order valence-corrected chi connectivity index (χ0v) is 12.1. The van der Waals surface area contributed by atoms with E-state index in [4.69, 9.17) is 4.74 Å². The second-order valence-electron chi connectivity index (χ2n) is 6.29. The molecule has 0 aromatic heterocycles. The molecule has 0 saturated carbocycles. The van der Waals surface area contributed by atoms with Crippen molar-refractivity contribution in [2.45, 2.75) is 29.9 Å². The molecule has 2 fully saturated rings. The van der Waals surface area contributed by atoms with E-state index in [-0.39, 0.29) is 24.9 Å². The van der Waals surface area contributed by atoms with Crippen LogP contribution in [0.25, 0.3) is 0 Å². The Kier molecular flexibility index (Phi) is 2.72. The van der Waals surface area contributed by atoms with Crippen molar-refractivity contribution in [1.82, 2.24) is 4.90 Å². The Bertz CT molecular complexity index is 670. The van der Waals surface area contributed by atoms with E-state index in [0.29, 0.717) is 13.0 Å². The number of aliphatic hydroxyl groups is 1. The molecule has 1 aromatic rings. The van der Waals surface area contributed by atoms with E-state index in [1.807, 2.05) is 30.3 Å². The van der Waals surface area contributed by atoms with E-state index < -0.39 is 17.1 Å². The normalized spacial score (nSPS) is 36.8. The third-order valence-electron chi connectivity index (χ3n) is 5.36. The lowest BCUT2D eigenvalue weighted by molar-refractivity contribution is -0.128. The highest BCUT2D eigenvalue weighted by Crippen LogP contribution is 2.52. The molecule has 1 aliphatic carbocycles. The van der Waals surface area contributed by atoms with Crippen molar-refractivity contribution in [2.75, 3.05) is 13.2 Å². The molecule has 0 unspecified atom stereocenters. The van der Waals surface area contributed by atoms with Crippen LogP contribution < -0.4 is 0 Å². The molecule has 5 heteroatoms. The van der Waals surface area contributed by atoms with Gasteiger partial charge in [0, 0.05) is 18.4 Å².